The Morgan fingerprint density at radius 3 is 2.74 bits per heavy atom. The highest BCUT2D eigenvalue weighted by Gasteiger charge is 2.29. The quantitative estimate of drug-likeness (QED) is 0.816. The van der Waals surface area contributed by atoms with Crippen molar-refractivity contribution in [3.05, 3.63) is 35.5 Å². The maximum absolute atomic E-state index is 5.66. The SMILES string of the molecule is CCc1nnc(CN2CCCC2c2ccc(OC)cc2OC)o1. The zero-order valence-electron chi connectivity index (χ0n) is 13.9. The predicted octanol–water partition coefficient (Wildman–Crippen LogP) is 2.99. The summed E-state index contributed by atoms with van der Waals surface area (Å²) in [6, 6.07) is 6.31. The second-order valence-corrected chi connectivity index (χ2v) is 5.68. The first kappa shape index (κ1) is 15.8. The number of methoxy groups -OCH3 is 2. The summed E-state index contributed by atoms with van der Waals surface area (Å²) in [6.07, 6.45) is 3.01. The van der Waals surface area contributed by atoms with Crippen LogP contribution in [0.3, 0.4) is 0 Å². The third-order valence-electron chi connectivity index (χ3n) is 4.31. The van der Waals surface area contributed by atoms with Gasteiger partial charge in [0, 0.05) is 24.1 Å². The molecule has 0 amide bonds. The van der Waals surface area contributed by atoms with E-state index in [1.807, 2.05) is 19.1 Å². The van der Waals surface area contributed by atoms with Crippen LogP contribution in [0.4, 0.5) is 0 Å². The molecule has 1 aromatic heterocycles. The molecule has 3 rings (SSSR count). The molecule has 0 bridgehead atoms. The summed E-state index contributed by atoms with van der Waals surface area (Å²) < 4.78 is 16.5. The average Bonchev–Trinajstić information content (AvgIpc) is 3.23. The van der Waals surface area contributed by atoms with Gasteiger partial charge in [-0.15, -0.1) is 10.2 Å². The highest BCUT2D eigenvalue weighted by atomic mass is 16.5. The summed E-state index contributed by atoms with van der Waals surface area (Å²) in [6.45, 7) is 3.70. The van der Waals surface area contributed by atoms with Crippen LogP contribution in [0.1, 0.15) is 43.2 Å². The van der Waals surface area contributed by atoms with E-state index in [4.69, 9.17) is 13.9 Å². The molecule has 1 aromatic carbocycles. The van der Waals surface area contributed by atoms with Gasteiger partial charge in [-0.2, -0.15) is 0 Å². The van der Waals surface area contributed by atoms with Gasteiger partial charge in [0.25, 0.3) is 0 Å². The van der Waals surface area contributed by atoms with Crippen molar-refractivity contribution >= 4 is 0 Å². The molecule has 6 nitrogen and oxygen atoms in total. The van der Waals surface area contributed by atoms with Gasteiger partial charge in [0.2, 0.25) is 11.8 Å². The number of aromatic nitrogens is 2. The van der Waals surface area contributed by atoms with Crippen molar-refractivity contribution in [3.63, 3.8) is 0 Å². The molecule has 0 aliphatic carbocycles. The summed E-state index contributed by atoms with van der Waals surface area (Å²) in [5, 5.41) is 8.19. The molecule has 0 spiro atoms. The minimum absolute atomic E-state index is 0.299. The van der Waals surface area contributed by atoms with E-state index in [0.717, 1.165) is 37.3 Å². The van der Waals surface area contributed by atoms with E-state index in [2.05, 4.69) is 21.2 Å². The van der Waals surface area contributed by atoms with Crippen molar-refractivity contribution in [1.82, 2.24) is 15.1 Å². The molecule has 23 heavy (non-hydrogen) atoms. The lowest BCUT2D eigenvalue weighted by molar-refractivity contribution is 0.217. The summed E-state index contributed by atoms with van der Waals surface area (Å²) >= 11 is 0. The second kappa shape index (κ2) is 7.00. The van der Waals surface area contributed by atoms with Gasteiger partial charge in [0.15, 0.2) is 0 Å². The number of benzene rings is 1. The van der Waals surface area contributed by atoms with Gasteiger partial charge >= 0.3 is 0 Å². The molecule has 0 radical (unpaired) electrons. The van der Waals surface area contributed by atoms with Crippen molar-refractivity contribution in [2.75, 3.05) is 20.8 Å². The van der Waals surface area contributed by atoms with Crippen molar-refractivity contribution < 1.29 is 13.9 Å². The van der Waals surface area contributed by atoms with Gasteiger partial charge in [0.1, 0.15) is 11.5 Å². The van der Waals surface area contributed by atoms with Crippen molar-refractivity contribution in [1.29, 1.82) is 0 Å². The van der Waals surface area contributed by atoms with Gasteiger partial charge < -0.3 is 13.9 Å². The van der Waals surface area contributed by atoms with Crippen LogP contribution in [0.5, 0.6) is 11.5 Å². The summed E-state index contributed by atoms with van der Waals surface area (Å²) in [5.74, 6) is 3.04. The molecule has 1 aliphatic rings. The van der Waals surface area contributed by atoms with Crippen LogP contribution in [0.25, 0.3) is 0 Å². The second-order valence-electron chi connectivity index (χ2n) is 5.68. The lowest BCUT2D eigenvalue weighted by Gasteiger charge is -2.25. The average molecular weight is 317 g/mol. The smallest absolute Gasteiger partial charge is 0.230 e. The Morgan fingerprint density at radius 2 is 2.04 bits per heavy atom. The fourth-order valence-electron chi connectivity index (χ4n) is 3.13. The van der Waals surface area contributed by atoms with E-state index in [9.17, 15) is 0 Å². The number of hydrogen-bond acceptors (Lipinski definition) is 6. The number of ether oxygens (including phenoxy) is 2. The lowest BCUT2D eigenvalue weighted by Crippen LogP contribution is -2.23. The van der Waals surface area contributed by atoms with E-state index in [1.54, 1.807) is 14.2 Å². The zero-order valence-corrected chi connectivity index (χ0v) is 13.9. The zero-order chi connectivity index (χ0) is 16.2. The van der Waals surface area contributed by atoms with E-state index in [-0.39, 0.29) is 0 Å². The molecule has 1 fully saturated rings. The van der Waals surface area contributed by atoms with E-state index < -0.39 is 0 Å². The summed E-state index contributed by atoms with van der Waals surface area (Å²) in [7, 11) is 3.36. The Bertz CT molecular complexity index is 656. The Balaban J connectivity index is 1.81. The normalized spacial score (nSPS) is 18.3. The van der Waals surface area contributed by atoms with Crippen LogP contribution in [0.2, 0.25) is 0 Å². The first-order valence-electron chi connectivity index (χ1n) is 8.02. The summed E-state index contributed by atoms with van der Waals surface area (Å²) in [5.41, 5.74) is 1.18. The van der Waals surface area contributed by atoms with Crippen molar-refractivity contribution in [2.45, 2.75) is 38.8 Å². The topological polar surface area (TPSA) is 60.6 Å². The van der Waals surface area contributed by atoms with Crippen LogP contribution >= 0.6 is 0 Å². The van der Waals surface area contributed by atoms with Crippen LogP contribution in [0, 0.1) is 0 Å². The van der Waals surface area contributed by atoms with Gasteiger partial charge in [0.05, 0.1) is 20.8 Å². The molecule has 1 unspecified atom stereocenters. The third-order valence-corrected chi connectivity index (χ3v) is 4.31. The largest absolute Gasteiger partial charge is 0.497 e. The number of likely N-dealkylation sites (tertiary alicyclic amines) is 1. The molecule has 0 saturated carbocycles. The number of rotatable bonds is 6. The maximum Gasteiger partial charge on any atom is 0.230 e. The van der Waals surface area contributed by atoms with Gasteiger partial charge in [-0.3, -0.25) is 4.90 Å². The minimum atomic E-state index is 0.299. The Hall–Kier alpha value is -2.08. The summed E-state index contributed by atoms with van der Waals surface area (Å²) in [4.78, 5) is 2.37. The Kier molecular flexibility index (Phi) is 4.81. The van der Waals surface area contributed by atoms with E-state index in [1.165, 1.54) is 5.56 Å². The minimum Gasteiger partial charge on any atom is -0.497 e. The molecular weight excluding hydrogens is 294 g/mol. The van der Waals surface area contributed by atoms with Crippen LogP contribution in [-0.4, -0.2) is 35.9 Å². The Labute approximate surface area is 136 Å². The van der Waals surface area contributed by atoms with Gasteiger partial charge in [-0.05, 0) is 25.5 Å². The van der Waals surface area contributed by atoms with Gasteiger partial charge in [-0.1, -0.05) is 13.0 Å². The molecule has 1 aliphatic heterocycles. The standard InChI is InChI=1S/C17H23N3O3/c1-4-16-18-19-17(23-16)11-20-9-5-6-14(20)13-8-7-12(21-2)10-15(13)22-3/h7-8,10,14H,4-6,9,11H2,1-3H3. The van der Waals surface area contributed by atoms with Crippen LogP contribution < -0.4 is 9.47 Å². The molecule has 1 saturated heterocycles. The van der Waals surface area contributed by atoms with Crippen molar-refractivity contribution in [2.24, 2.45) is 0 Å². The number of aryl methyl sites for hydroxylation is 1. The fraction of sp³-hybridized carbons (Fsp3) is 0.529. The monoisotopic (exact) mass is 317 g/mol. The molecule has 6 heteroatoms. The molecule has 2 heterocycles. The Morgan fingerprint density at radius 1 is 1.22 bits per heavy atom. The van der Waals surface area contributed by atoms with Gasteiger partial charge in [-0.25, -0.2) is 0 Å². The fourth-order valence-corrected chi connectivity index (χ4v) is 3.13. The molecular formula is C17H23N3O3. The molecule has 124 valence electrons. The van der Waals surface area contributed by atoms with E-state index in [0.29, 0.717) is 24.4 Å². The number of hydrogen-bond donors (Lipinski definition) is 0. The van der Waals surface area contributed by atoms with Crippen molar-refractivity contribution in [3.8, 4) is 11.5 Å². The lowest BCUT2D eigenvalue weighted by atomic mass is 10.0. The third kappa shape index (κ3) is 3.32. The van der Waals surface area contributed by atoms with Crippen LogP contribution in [0.15, 0.2) is 22.6 Å². The number of nitrogens with zero attached hydrogens (tertiary/aromatic N) is 3. The molecule has 0 N–H and O–H groups in total. The molecule has 2 aromatic rings. The van der Waals surface area contributed by atoms with E-state index >= 15 is 0 Å². The first-order valence-corrected chi connectivity index (χ1v) is 8.02. The van der Waals surface area contributed by atoms with Crippen LogP contribution in [-0.2, 0) is 13.0 Å². The predicted molar refractivity (Wildman–Crippen MR) is 85.6 cm³/mol. The highest BCUT2D eigenvalue weighted by molar-refractivity contribution is 5.42. The molecule has 1 atom stereocenters. The first-order chi connectivity index (χ1) is 11.2. The highest BCUT2D eigenvalue weighted by Crippen LogP contribution is 2.39. The maximum atomic E-state index is 5.66.